The van der Waals surface area contributed by atoms with Crippen molar-refractivity contribution in [3.05, 3.63) is 45.2 Å². The maximum Gasteiger partial charge on any atom is 0.277 e. The molecule has 0 radical (unpaired) electrons. The highest BCUT2D eigenvalue weighted by Crippen LogP contribution is 2.12. The van der Waals surface area contributed by atoms with Gasteiger partial charge in [0.15, 0.2) is 0 Å². The number of aryl methyl sites for hydroxylation is 1. The van der Waals surface area contributed by atoms with Crippen LogP contribution >= 0.6 is 11.5 Å². The highest BCUT2D eigenvalue weighted by Gasteiger charge is 2.15. The molecule has 0 saturated heterocycles. The maximum atomic E-state index is 12.3. The lowest BCUT2D eigenvalue weighted by atomic mass is 10.2. The third kappa shape index (κ3) is 3.30. The molecule has 0 aliphatic heterocycles. The van der Waals surface area contributed by atoms with E-state index in [0.717, 1.165) is 24.4 Å². The Morgan fingerprint density at radius 1 is 1.29 bits per heavy atom. The molecule has 8 nitrogen and oxygen atoms in total. The summed E-state index contributed by atoms with van der Waals surface area (Å²) in [7, 11) is 0. The molecule has 24 heavy (non-hydrogen) atoms. The lowest BCUT2D eigenvalue weighted by Crippen LogP contribution is -2.32. The summed E-state index contributed by atoms with van der Waals surface area (Å²) in [6.45, 7) is 2.54. The van der Waals surface area contributed by atoms with Crippen LogP contribution in [0, 0.1) is 0 Å². The van der Waals surface area contributed by atoms with Gasteiger partial charge in [0.05, 0.1) is 17.6 Å². The molecule has 1 N–H and O–H groups in total. The van der Waals surface area contributed by atoms with Crippen molar-refractivity contribution in [1.82, 2.24) is 29.9 Å². The van der Waals surface area contributed by atoms with E-state index in [2.05, 4.69) is 25.2 Å². The van der Waals surface area contributed by atoms with Gasteiger partial charge < -0.3 is 5.32 Å². The largest absolute Gasteiger partial charge is 0.349 e. The number of nitrogens with zero attached hydrogens (tertiary/aromatic N) is 5. The number of benzene rings is 1. The quantitative estimate of drug-likeness (QED) is 0.716. The van der Waals surface area contributed by atoms with E-state index in [-0.39, 0.29) is 24.6 Å². The van der Waals surface area contributed by atoms with Gasteiger partial charge >= 0.3 is 0 Å². The van der Waals surface area contributed by atoms with Crippen LogP contribution in [0.1, 0.15) is 28.7 Å². The first-order valence-corrected chi connectivity index (χ1v) is 8.40. The maximum absolute atomic E-state index is 12.3. The standard InChI is InChI=1S/C15H16N6O2S/c1-2-5-12-13(24-20-18-12)14(22)16-8-9-21-15(23)10-6-3-4-7-11(10)17-19-21/h3-4,6-7H,2,5,8-9H2,1H3,(H,16,22). The second kappa shape index (κ2) is 7.26. The summed E-state index contributed by atoms with van der Waals surface area (Å²) < 4.78 is 5.08. The number of carbonyl (C=O) groups excluding carboxylic acids is 1. The van der Waals surface area contributed by atoms with Gasteiger partial charge in [0.2, 0.25) is 0 Å². The van der Waals surface area contributed by atoms with E-state index in [1.54, 1.807) is 24.3 Å². The predicted molar refractivity (Wildman–Crippen MR) is 90.0 cm³/mol. The minimum atomic E-state index is -0.227. The summed E-state index contributed by atoms with van der Waals surface area (Å²) in [6.07, 6.45) is 1.61. The Bertz CT molecular complexity index is 919. The van der Waals surface area contributed by atoms with Crippen molar-refractivity contribution < 1.29 is 4.79 Å². The molecule has 9 heteroatoms. The number of hydrogen-bond donors (Lipinski definition) is 1. The second-order valence-corrected chi connectivity index (χ2v) is 5.94. The van der Waals surface area contributed by atoms with E-state index in [1.807, 2.05) is 6.92 Å². The predicted octanol–water partition coefficient (Wildman–Crippen LogP) is 1.03. The Morgan fingerprint density at radius 3 is 2.96 bits per heavy atom. The van der Waals surface area contributed by atoms with Crippen LogP contribution in [-0.4, -0.2) is 37.0 Å². The van der Waals surface area contributed by atoms with Crippen molar-refractivity contribution in [2.45, 2.75) is 26.3 Å². The molecule has 0 bridgehead atoms. The van der Waals surface area contributed by atoms with Crippen molar-refractivity contribution in [2.75, 3.05) is 6.54 Å². The van der Waals surface area contributed by atoms with Crippen LogP contribution in [-0.2, 0) is 13.0 Å². The molecule has 0 saturated carbocycles. The molecule has 124 valence electrons. The number of amides is 1. The molecule has 3 aromatic rings. The van der Waals surface area contributed by atoms with Gasteiger partial charge in [-0.1, -0.05) is 35.2 Å². The molecule has 0 aliphatic rings. The number of fused-ring (bicyclic) bond motifs is 1. The van der Waals surface area contributed by atoms with Gasteiger partial charge in [-0.05, 0) is 30.1 Å². The van der Waals surface area contributed by atoms with Gasteiger partial charge in [-0.2, -0.15) is 0 Å². The summed E-state index contributed by atoms with van der Waals surface area (Å²) in [4.78, 5) is 25.0. The summed E-state index contributed by atoms with van der Waals surface area (Å²) in [5.74, 6) is -0.227. The summed E-state index contributed by atoms with van der Waals surface area (Å²) in [6, 6.07) is 7.03. The van der Waals surface area contributed by atoms with Crippen molar-refractivity contribution in [2.24, 2.45) is 0 Å². The molecule has 0 atom stereocenters. The average Bonchev–Trinajstić information content (AvgIpc) is 3.06. The summed E-state index contributed by atoms with van der Waals surface area (Å²) in [5.41, 5.74) is 1.05. The van der Waals surface area contributed by atoms with Gasteiger partial charge in [0.1, 0.15) is 10.4 Å². The molecule has 0 fully saturated rings. The fourth-order valence-corrected chi connectivity index (χ4v) is 2.93. The molecule has 0 aliphatic carbocycles. The Hall–Kier alpha value is -2.68. The minimum absolute atomic E-state index is 0.221. The molecule has 2 aromatic heterocycles. The monoisotopic (exact) mass is 344 g/mol. The zero-order valence-corrected chi connectivity index (χ0v) is 13.9. The first-order valence-electron chi connectivity index (χ1n) is 7.62. The third-order valence-corrected chi connectivity index (χ3v) is 4.25. The van der Waals surface area contributed by atoms with Crippen molar-refractivity contribution in [3.63, 3.8) is 0 Å². The first-order chi connectivity index (χ1) is 11.7. The lowest BCUT2D eigenvalue weighted by molar-refractivity contribution is 0.0954. The van der Waals surface area contributed by atoms with Crippen LogP contribution in [0.2, 0.25) is 0 Å². The number of nitrogens with one attached hydrogen (secondary N) is 1. The molecule has 2 heterocycles. The van der Waals surface area contributed by atoms with Gasteiger partial charge in [0.25, 0.3) is 11.5 Å². The van der Waals surface area contributed by atoms with Crippen molar-refractivity contribution in [3.8, 4) is 0 Å². The van der Waals surface area contributed by atoms with Gasteiger partial charge in [-0.25, -0.2) is 4.68 Å². The molecule has 1 amide bonds. The Kier molecular flexibility index (Phi) is 4.90. The van der Waals surface area contributed by atoms with Crippen molar-refractivity contribution in [1.29, 1.82) is 0 Å². The van der Waals surface area contributed by atoms with E-state index in [9.17, 15) is 9.59 Å². The third-order valence-electron chi connectivity index (χ3n) is 3.49. The molecular formula is C15H16N6O2S. The lowest BCUT2D eigenvalue weighted by Gasteiger charge is -2.06. The molecule has 1 aromatic carbocycles. The summed E-state index contributed by atoms with van der Waals surface area (Å²) >= 11 is 1.08. The van der Waals surface area contributed by atoms with E-state index in [4.69, 9.17) is 0 Å². The number of hydrogen-bond acceptors (Lipinski definition) is 7. The summed E-state index contributed by atoms with van der Waals surface area (Å²) in [5, 5.41) is 15.2. The highest BCUT2D eigenvalue weighted by molar-refractivity contribution is 7.08. The van der Waals surface area contributed by atoms with Crippen LogP contribution in [0.5, 0.6) is 0 Å². The van der Waals surface area contributed by atoms with Gasteiger partial charge in [-0.3, -0.25) is 9.59 Å². The fraction of sp³-hybridized carbons (Fsp3) is 0.333. The fourth-order valence-electron chi connectivity index (χ4n) is 2.31. The Morgan fingerprint density at radius 2 is 2.12 bits per heavy atom. The zero-order valence-electron chi connectivity index (χ0n) is 13.1. The second-order valence-electron chi connectivity index (χ2n) is 5.19. The van der Waals surface area contributed by atoms with Crippen molar-refractivity contribution >= 4 is 28.3 Å². The van der Waals surface area contributed by atoms with E-state index in [0.29, 0.717) is 21.5 Å². The van der Waals surface area contributed by atoms with Crippen LogP contribution < -0.4 is 10.9 Å². The van der Waals surface area contributed by atoms with Gasteiger partial charge in [-0.15, -0.1) is 10.2 Å². The minimum Gasteiger partial charge on any atom is -0.349 e. The van der Waals surface area contributed by atoms with Crippen LogP contribution in [0.4, 0.5) is 0 Å². The zero-order chi connectivity index (χ0) is 16.9. The van der Waals surface area contributed by atoms with E-state index < -0.39 is 0 Å². The average molecular weight is 344 g/mol. The van der Waals surface area contributed by atoms with Crippen LogP contribution in [0.15, 0.2) is 29.1 Å². The SMILES string of the molecule is CCCc1nnsc1C(=O)NCCn1nnc2ccccc2c1=O. The molecule has 0 unspecified atom stereocenters. The molecule has 3 rings (SSSR count). The number of carbonyl (C=O) groups is 1. The normalized spacial score (nSPS) is 10.9. The Balaban J connectivity index is 1.66. The highest BCUT2D eigenvalue weighted by atomic mass is 32.1. The van der Waals surface area contributed by atoms with E-state index >= 15 is 0 Å². The Labute approximate surface area is 141 Å². The first kappa shape index (κ1) is 16.2. The topological polar surface area (TPSA) is 103 Å². The van der Waals surface area contributed by atoms with Crippen LogP contribution in [0.25, 0.3) is 10.9 Å². The van der Waals surface area contributed by atoms with Gasteiger partial charge in [0, 0.05) is 6.54 Å². The number of rotatable bonds is 6. The molecular weight excluding hydrogens is 328 g/mol. The smallest absolute Gasteiger partial charge is 0.277 e. The van der Waals surface area contributed by atoms with E-state index in [1.165, 1.54) is 4.68 Å². The van der Waals surface area contributed by atoms with Crippen LogP contribution in [0.3, 0.4) is 0 Å². The number of aromatic nitrogens is 5. The molecule has 0 spiro atoms.